The number of hydrogen-bond acceptors (Lipinski definition) is 6. The monoisotopic (exact) mass is 460 g/mol. The molecule has 2 N–H and O–H groups in total. The number of carbonyl (C=O) groups excluding carboxylic acids is 1. The lowest BCUT2D eigenvalue weighted by molar-refractivity contribution is 0.0435. The van der Waals surface area contributed by atoms with Gasteiger partial charge in [0, 0.05) is 57.8 Å². The number of benzene rings is 2. The minimum absolute atomic E-state index is 0.0622. The minimum Gasteiger partial charge on any atom is -0.491 e. The third-order valence-electron chi connectivity index (χ3n) is 6.14. The molecule has 1 unspecified atom stereocenters. The Labute approximate surface area is 201 Å². The Bertz CT molecular complexity index is 1090. The molecule has 178 valence electrons. The molecule has 0 radical (unpaired) electrons. The van der Waals surface area contributed by atoms with Gasteiger partial charge in [-0.3, -0.25) is 14.7 Å². The van der Waals surface area contributed by atoms with Crippen LogP contribution in [0.15, 0.2) is 66.9 Å². The Balaban J connectivity index is 1.50. The average Bonchev–Trinajstić information content (AvgIpc) is 2.86. The second-order valence-corrected chi connectivity index (χ2v) is 8.62. The van der Waals surface area contributed by atoms with E-state index in [2.05, 4.69) is 34.1 Å². The molecule has 2 aromatic carbocycles. The number of amides is 1. The topological polar surface area (TPSA) is 80.9 Å². The molecule has 0 saturated heterocycles. The predicted molar refractivity (Wildman–Crippen MR) is 134 cm³/mol. The van der Waals surface area contributed by atoms with Crippen LogP contribution < -0.4 is 10.5 Å². The molecule has 1 aliphatic rings. The van der Waals surface area contributed by atoms with Gasteiger partial charge in [-0.15, -0.1) is 0 Å². The maximum absolute atomic E-state index is 13.0. The third-order valence-corrected chi connectivity index (χ3v) is 6.14. The molecule has 1 amide bonds. The molecule has 4 rings (SSSR count). The van der Waals surface area contributed by atoms with Crippen molar-refractivity contribution in [3.63, 3.8) is 0 Å². The lowest BCUT2D eigenvalue weighted by Gasteiger charge is -2.29. The average molecular weight is 461 g/mol. The maximum Gasteiger partial charge on any atom is 0.257 e. The number of anilines is 1. The van der Waals surface area contributed by atoms with Crippen molar-refractivity contribution in [1.82, 2.24) is 14.8 Å². The number of aromatic nitrogens is 1. The van der Waals surface area contributed by atoms with E-state index in [1.807, 2.05) is 24.4 Å². The second kappa shape index (κ2) is 11.1. The normalized spacial score (nSPS) is 17.9. The van der Waals surface area contributed by atoms with Gasteiger partial charge in [0.15, 0.2) is 0 Å². The van der Waals surface area contributed by atoms with Gasteiger partial charge in [0.05, 0.1) is 17.4 Å². The number of rotatable bonds is 4. The number of nitrogens with two attached hydrogens (primary N) is 1. The first kappa shape index (κ1) is 23.7. The molecule has 7 heteroatoms. The van der Waals surface area contributed by atoms with Crippen LogP contribution in [0.4, 0.5) is 5.69 Å². The summed E-state index contributed by atoms with van der Waals surface area (Å²) in [5, 5.41) is 0. The number of hydrogen-bond donors (Lipinski definition) is 1. The molecule has 0 fully saturated rings. The quantitative estimate of drug-likeness (QED) is 0.598. The van der Waals surface area contributed by atoms with Gasteiger partial charge in [-0.25, -0.2) is 0 Å². The molecular weight excluding hydrogens is 428 g/mol. The summed E-state index contributed by atoms with van der Waals surface area (Å²) in [6.45, 7) is 3.33. The van der Waals surface area contributed by atoms with Crippen molar-refractivity contribution in [2.24, 2.45) is 0 Å². The number of nitrogen functional groups attached to an aromatic ring is 1. The Hall–Kier alpha value is -3.42. The molecule has 0 aliphatic carbocycles. The van der Waals surface area contributed by atoms with Crippen molar-refractivity contribution in [1.29, 1.82) is 0 Å². The van der Waals surface area contributed by atoms with E-state index in [9.17, 15) is 4.79 Å². The van der Waals surface area contributed by atoms with E-state index in [0.29, 0.717) is 30.2 Å². The smallest absolute Gasteiger partial charge is 0.257 e. The molecule has 1 aliphatic heterocycles. The molecule has 3 aromatic rings. The van der Waals surface area contributed by atoms with Crippen molar-refractivity contribution in [3.05, 3.63) is 78.0 Å². The minimum atomic E-state index is -0.116. The number of carbonyl (C=O) groups is 1. The van der Waals surface area contributed by atoms with Crippen LogP contribution in [-0.4, -0.2) is 67.2 Å². The fourth-order valence-electron chi connectivity index (χ4n) is 4.17. The highest BCUT2D eigenvalue weighted by atomic mass is 16.5. The van der Waals surface area contributed by atoms with Gasteiger partial charge in [0.1, 0.15) is 12.4 Å². The molecular formula is C27H32N4O3. The zero-order valence-electron chi connectivity index (χ0n) is 19.8. The Kier molecular flexibility index (Phi) is 7.77. The Morgan fingerprint density at radius 2 is 1.94 bits per heavy atom. The highest BCUT2D eigenvalue weighted by Gasteiger charge is 2.22. The van der Waals surface area contributed by atoms with Crippen LogP contribution in [0.2, 0.25) is 0 Å². The van der Waals surface area contributed by atoms with Crippen molar-refractivity contribution < 1.29 is 14.3 Å². The summed E-state index contributed by atoms with van der Waals surface area (Å²) in [4.78, 5) is 21.5. The van der Waals surface area contributed by atoms with Gasteiger partial charge >= 0.3 is 0 Å². The van der Waals surface area contributed by atoms with E-state index < -0.39 is 0 Å². The highest BCUT2D eigenvalue weighted by Crippen LogP contribution is 2.24. The van der Waals surface area contributed by atoms with Gasteiger partial charge in [-0.05, 0) is 42.3 Å². The lowest BCUT2D eigenvalue weighted by Crippen LogP contribution is -2.39. The molecule has 1 atom stereocenters. The molecule has 7 nitrogen and oxygen atoms in total. The van der Waals surface area contributed by atoms with Crippen LogP contribution >= 0.6 is 0 Å². The number of nitrogens with zero attached hydrogens (tertiary/aromatic N) is 3. The van der Waals surface area contributed by atoms with Crippen LogP contribution in [0.5, 0.6) is 5.75 Å². The first-order chi connectivity index (χ1) is 16.5. The molecule has 0 spiro atoms. The largest absolute Gasteiger partial charge is 0.491 e. The van der Waals surface area contributed by atoms with Crippen LogP contribution in [0.3, 0.4) is 0 Å². The summed E-state index contributed by atoms with van der Waals surface area (Å²) >= 11 is 0. The zero-order chi connectivity index (χ0) is 23.9. The summed E-state index contributed by atoms with van der Waals surface area (Å²) in [7, 11) is 3.48. The van der Waals surface area contributed by atoms with Gasteiger partial charge in [-0.1, -0.05) is 30.3 Å². The Morgan fingerprint density at radius 3 is 2.68 bits per heavy atom. The van der Waals surface area contributed by atoms with Crippen LogP contribution in [0.1, 0.15) is 22.3 Å². The number of fused-ring (bicyclic) bond motifs is 1. The van der Waals surface area contributed by atoms with E-state index in [1.54, 1.807) is 37.3 Å². The molecule has 2 heterocycles. The standard InChI is InChI=1S/C27H32N4O3/c1-30-19-23(33-2)12-14-31(15-16-34-26-11-10-22(28)17-24(26)27(30)32)18-20-6-8-21(9-7-20)25-5-3-4-13-29-25/h3-11,13,17,23H,12,14-16,18-19,28H2,1-2H3. The van der Waals surface area contributed by atoms with Crippen molar-refractivity contribution in [2.45, 2.75) is 19.1 Å². The van der Waals surface area contributed by atoms with Gasteiger partial charge < -0.3 is 20.1 Å². The first-order valence-electron chi connectivity index (χ1n) is 11.6. The van der Waals surface area contributed by atoms with Gasteiger partial charge in [0.2, 0.25) is 0 Å². The zero-order valence-corrected chi connectivity index (χ0v) is 19.8. The van der Waals surface area contributed by atoms with E-state index in [-0.39, 0.29) is 12.0 Å². The van der Waals surface area contributed by atoms with Crippen LogP contribution in [0.25, 0.3) is 11.3 Å². The maximum atomic E-state index is 13.0. The predicted octanol–water partition coefficient (Wildman–Crippen LogP) is 3.70. The number of likely N-dealkylation sites (N-methyl/N-ethyl adjacent to an activating group) is 1. The molecule has 0 saturated carbocycles. The summed E-state index contributed by atoms with van der Waals surface area (Å²) in [5.41, 5.74) is 10.3. The summed E-state index contributed by atoms with van der Waals surface area (Å²) in [6, 6.07) is 19.7. The summed E-state index contributed by atoms with van der Waals surface area (Å²) in [5.74, 6) is 0.440. The second-order valence-electron chi connectivity index (χ2n) is 8.62. The first-order valence-corrected chi connectivity index (χ1v) is 11.6. The van der Waals surface area contributed by atoms with Gasteiger partial charge in [0.25, 0.3) is 5.91 Å². The van der Waals surface area contributed by atoms with Crippen LogP contribution in [0, 0.1) is 0 Å². The number of pyridine rings is 1. The Morgan fingerprint density at radius 1 is 1.12 bits per heavy atom. The molecule has 34 heavy (non-hydrogen) atoms. The van der Waals surface area contributed by atoms with Crippen molar-refractivity contribution >= 4 is 11.6 Å². The third kappa shape index (κ3) is 5.92. The summed E-state index contributed by atoms with van der Waals surface area (Å²) < 4.78 is 11.8. The SMILES string of the molecule is COC1CCN(Cc2ccc(-c3ccccn3)cc2)CCOc2ccc(N)cc2C(=O)N(C)C1. The molecule has 0 bridgehead atoms. The van der Waals surface area contributed by atoms with Gasteiger partial charge in [-0.2, -0.15) is 0 Å². The van der Waals surface area contributed by atoms with E-state index in [1.165, 1.54) is 5.56 Å². The fourth-order valence-corrected chi connectivity index (χ4v) is 4.17. The lowest BCUT2D eigenvalue weighted by atomic mass is 10.1. The number of methoxy groups -OCH3 is 1. The van der Waals surface area contributed by atoms with Crippen LogP contribution in [-0.2, 0) is 11.3 Å². The van der Waals surface area contributed by atoms with E-state index in [4.69, 9.17) is 15.2 Å². The van der Waals surface area contributed by atoms with E-state index in [0.717, 1.165) is 37.3 Å². The highest BCUT2D eigenvalue weighted by molar-refractivity contribution is 5.97. The fraction of sp³-hybridized carbons (Fsp3) is 0.333. The summed E-state index contributed by atoms with van der Waals surface area (Å²) in [6.07, 6.45) is 2.56. The van der Waals surface area contributed by atoms with E-state index >= 15 is 0 Å². The molecule has 1 aromatic heterocycles. The number of ether oxygens (including phenoxy) is 2. The van der Waals surface area contributed by atoms with Crippen molar-refractivity contribution in [3.8, 4) is 17.0 Å². The van der Waals surface area contributed by atoms with Crippen molar-refractivity contribution in [2.75, 3.05) is 46.1 Å².